The van der Waals surface area contributed by atoms with Gasteiger partial charge in [-0.3, -0.25) is 0 Å². The van der Waals surface area contributed by atoms with Crippen molar-refractivity contribution in [2.75, 3.05) is 6.61 Å². The van der Waals surface area contributed by atoms with Crippen LogP contribution in [0.15, 0.2) is 36.4 Å². The summed E-state index contributed by atoms with van der Waals surface area (Å²) in [6.45, 7) is 4.16. The number of thiophene rings is 1. The molecule has 3 N–H and O–H groups in total. The molecule has 2 aromatic rings. The Balaban J connectivity index is 1.70. The number of hydrogen-bond donors (Lipinski definition) is 2. The van der Waals surface area contributed by atoms with Crippen LogP contribution in [0.2, 0.25) is 0 Å². The molecule has 1 aromatic carbocycles. The Morgan fingerprint density at radius 1 is 1.04 bits per heavy atom. The van der Waals surface area contributed by atoms with Crippen molar-refractivity contribution in [2.45, 2.75) is 64.3 Å². The first kappa shape index (κ1) is 19.2. The molecular weight excluding hydrogens is 314 g/mol. The molecule has 0 radical (unpaired) electrons. The summed E-state index contributed by atoms with van der Waals surface area (Å²) in [6.07, 6.45) is 7.98. The van der Waals surface area contributed by atoms with Crippen LogP contribution in [0.25, 0.3) is 0 Å². The first-order valence-corrected chi connectivity index (χ1v) is 9.84. The van der Waals surface area contributed by atoms with E-state index < -0.39 is 5.54 Å². The molecular formula is C21H31NOS. The minimum Gasteiger partial charge on any atom is -0.394 e. The number of benzene rings is 1. The third-order valence-corrected chi connectivity index (χ3v) is 5.94. The van der Waals surface area contributed by atoms with Crippen molar-refractivity contribution in [1.29, 1.82) is 0 Å². The van der Waals surface area contributed by atoms with Gasteiger partial charge in [0.05, 0.1) is 6.61 Å². The van der Waals surface area contributed by atoms with Crippen LogP contribution in [0.5, 0.6) is 0 Å². The first-order chi connectivity index (χ1) is 11.5. The lowest BCUT2D eigenvalue weighted by molar-refractivity contribution is 0.201. The van der Waals surface area contributed by atoms with Crippen LogP contribution in [0.3, 0.4) is 0 Å². The largest absolute Gasteiger partial charge is 0.394 e. The fraction of sp³-hybridized carbons (Fsp3) is 0.524. The molecule has 0 bridgehead atoms. The Bertz CT molecular complexity index is 604. The minimum absolute atomic E-state index is 0.0473. The van der Waals surface area contributed by atoms with Crippen molar-refractivity contribution < 1.29 is 5.11 Å². The maximum absolute atomic E-state index is 9.27. The van der Waals surface area contributed by atoms with Gasteiger partial charge in [0.25, 0.3) is 0 Å². The highest BCUT2D eigenvalue weighted by molar-refractivity contribution is 7.12. The highest BCUT2D eigenvalue weighted by atomic mass is 32.1. The predicted octanol–water partition coefficient (Wildman–Crippen LogP) is 4.65. The lowest BCUT2D eigenvalue weighted by atomic mass is 9.97. The van der Waals surface area contributed by atoms with Crippen molar-refractivity contribution in [1.82, 2.24) is 0 Å². The topological polar surface area (TPSA) is 46.2 Å². The average molecular weight is 346 g/mol. The van der Waals surface area contributed by atoms with Crippen LogP contribution in [0.4, 0.5) is 0 Å². The number of aliphatic hydroxyl groups is 1. The van der Waals surface area contributed by atoms with Crippen molar-refractivity contribution in [3.05, 3.63) is 57.3 Å². The van der Waals surface area contributed by atoms with E-state index in [4.69, 9.17) is 5.73 Å². The minimum atomic E-state index is -0.464. The van der Waals surface area contributed by atoms with Gasteiger partial charge >= 0.3 is 0 Å². The van der Waals surface area contributed by atoms with Crippen LogP contribution < -0.4 is 5.73 Å². The van der Waals surface area contributed by atoms with Crippen LogP contribution in [-0.4, -0.2) is 17.3 Å². The summed E-state index contributed by atoms with van der Waals surface area (Å²) in [5.74, 6) is 0. The van der Waals surface area contributed by atoms with Gasteiger partial charge in [-0.05, 0) is 69.6 Å². The van der Waals surface area contributed by atoms with Gasteiger partial charge in [0, 0.05) is 15.3 Å². The molecule has 0 aliphatic rings. The van der Waals surface area contributed by atoms with Gasteiger partial charge in [-0.2, -0.15) is 0 Å². The molecule has 1 unspecified atom stereocenters. The summed E-state index contributed by atoms with van der Waals surface area (Å²) >= 11 is 1.93. The Morgan fingerprint density at radius 2 is 1.75 bits per heavy atom. The predicted molar refractivity (Wildman–Crippen MR) is 105 cm³/mol. The lowest BCUT2D eigenvalue weighted by Crippen LogP contribution is -2.40. The molecule has 0 spiro atoms. The van der Waals surface area contributed by atoms with Gasteiger partial charge in [0.2, 0.25) is 0 Å². The third kappa shape index (κ3) is 6.39. The van der Waals surface area contributed by atoms with Crippen LogP contribution in [-0.2, 0) is 19.3 Å². The second-order valence-corrected chi connectivity index (χ2v) is 8.40. The quantitative estimate of drug-likeness (QED) is 0.616. The summed E-state index contributed by atoms with van der Waals surface area (Å²) < 4.78 is 0. The molecule has 1 atom stereocenters. The second kappa shape index (κ2) is 9.36. The van der Waals surface area contributed by atoms with Crippen LogP contribution in [0, 0.1) is 6.92 Å². The molecule has 0 saturated heterocycles. The van der Waals surface area contributed by atoms with E-state index in [1.165, 1.54) is 53.0 Å². The SMILES string of the molecule is Cc1cc(CCCCCc2ccccc2)sc1CCC(C)(N)CO. The third-order valence-electron chi connectivity index (χ3n) is 4.59. The second-order valence-electron chi connectivity index (χ2n) is 7.18. The number of rotatable bonds is 10. The van der Waals surface area contributed by atoms with E-state index in [0.717, 1.165) is 12.8 Å². The van der Waals surface area contributed by atoms with Crippen molar-refractivity contribution in [3.8, 4) is 0 Å². The Hall–Kier alpha value is -1.16. The van der Waals surface area contributed by atoms with Gasteiger partial charge in [-0.15, -0.1) is 11.3 Å². The molecule has 2 rings (SSSR count). The molecule has 1 aromatic heterocycles. The highest BCUT2D eigenvalue weighted by Crippen LogP contribution is 2.26. The number of unbranched alkanes of at least 4 members (excludes halogenated alkanes) is 2. The van der Waals surface area contributed by atoms with Crippen molar-refractivity contribution >= 4 is 11.3 Å². The molecule has 2 nitrogen and oxygen atoms in total. The molecule has 3 heteroatoms. The van der Waals surface area contributed by atoms with E-state index in [1.54, 1.807) is 0 Å². The van der Waals surface area contributed by atoms with Crippen LogP contribution >= 0.6 is 11.3 Å². The van der Waals surface area contributed by atoms with Gasteiger partial charge in [-0.1, -0.05) is 36.8 Å². The van der Waals surface area contributed by atoms with Crippen molar-refractivity contribution in [2.24, 2.45) is 5.73 Å². The zero-order valence-corrected chi connectivity index (χ0v) is 15.9. The van der Waals surface area contributed by atoms with E-state index in [-0.39, 0.29) is 6.61 Å². The van der Waals surface area contributed by atoms with Gasteiger partial charge in [0.15, 0.2) is 0 Å². The van der Waals surface area contributed by atoms with Crippen molar-refractivity contribution in [3.63, 3.8) is 0 Å². The lowest BCUT2D eigenvalue weighted by Gasteiger charge is -2.21. The fourth-order valence-electron chi connectivity index (χ4n) is 2.89. The maximum Gasteiger partial charge on any atom is 0.0608 e. The Labute approximate surface area is 150 Å². The summed E-state index contributed by atoms with van der Waals surface area (Å²) in [4.78, 5) is 2.92. The van der Waals surface area contributed by atoms with Crippen LogP contribution in [0.1, 0.15) is 53.5 Å². The zero-order chi connectivity index (χ0) is 17.4. The Kier molecular flexibility index (Phi) is 7.47. The van der Waals surface area contributed by atoms with E-state index in [1.807, 2.05) is 18.3 Å². The molecule has 0 amide bonds. The normalized spacial score (nSPS) is 13.8. The zero-order valence-electron chi connectivity index (χ0n) is 15.1. The molecule has 0 aliphatic heterocycles. The molecule has 0 fully saturated rings. The van der Waals surface area contributed by atoms with Gasteiger partial charge < -0.3 is 10.8 Å². The molecule has 0 saturated carbocycles. The number of hydrogen-bond acceptors (Lipinski definition) is 3. The fourth-order valence-corrected chi connectivity index (χ4v) is 4.11. The molecule has 132 valence electrons. The molecule has 24 heavy (non-hydrogen) atoms. The average Bonchev–Trinajstić information content (AvgIpc) is 2.94. The summed E-state index contributed by atoms with van der Waals surface area (Å²) in [5.41, 5.74) is 8.40. The standard InChI is InChI=1S/C21H31NOS/c1-17-15-19(24-20(17)13-14-21(2,22)16-23)12-8-4-7-11-18-9-5-3-6-10-18/h3,5-6,9-10,15,23H,4,7-8,11-14,16,22H2,1-2H3. The first-order valence-electron chi connectivity index (χ1n) is 9.02. The number of aryl methyl sites for hydroxylation is 4. The monoisotopic (exact) mass is 345 g/mol. The molecule has 0 aliphatic carbocycles. The highest BCUT2D eigenvalue weighted by Gasteiger charge is 2.18. The van der Waals surface area contributed by atoms with Gasteiger partial charge in [0.1, 0.15) is 0 Å². The van der Waals surface area contributed by atoms with E-state index >= 15 is 0 Å². The summed E-state index contributed by atoms with van der Waals surface area (Å²) in [7, 11) is 0. The molecule has 1 heterocycles. The van der Waals surface area contributed by atoms with Gasteiger partial charge in [-0.25, -0.2) is 0 Å². The smallest absolute Gasteiger partial charge is 0.0608 e. The van der Waals surface area contributed by atoms with E-state index in [9.17, 15) is 5.11 Å². The summed E-state index contributed by atoms with van der Waals surface area (Å²) in [6, 6.07) is 13.1. The maximum atomic E-state index is 9.27. The summed E-state index contributed by atoms with van der Waals surface area (Å²) in [5, 5.41) is 9.27. The van der Waals surface area contributed by atoms with E-state index in [2.05, 4.69) is 43.3 Å². The number of nitrogens with two attached hydrogens (primary N) is 1. The Morgan fingerprint density at radius 3 is 2.46 bits per heavy atom. The van der Waals surface area contributed by atoms with E-state index in [0.29, 0.717) is 0 Å². The number of aliphatic hydroxyl groups excluding tert-OH is 1.